The van der Waals surface area contributed by atoms with Gasteiger partial charge in [0.05, 0.1) is 10.8 Å². The van der Waals surface area contributed by atoms with Crippen molar-refractivity contribution in [2.24, 2.45) is 5.92 Å². The van der Waals surface area contributed by atoms with Crippen LogP contribution in [-0.4, -0.2) is 31.7 Å². The molecule has 1 aliphatic heterocycles. The van der Waals surface area contributed by atoms with Gasteiger partial charge in [0.1, 0.15) is 0 Å². The summed E-state index contributed by atoms with van der Waals surface area (Å²) in [6.07, 6.45) is 1.31. The number of hydrogen-bond acceptors (Lipinski definition) is 3. The lowest BCUT2D eigenvalue weighted by atomic mass is 9.98. The maximum atomic E-state index is 13.0. The fourth-order valence-corrected chi connectivity index (χ4v) is 5.16. The zero-order chi connectivity index (χ0) is 20.5. The summed E-state index contributed by atoms with van der Waals surface area (Å²) in [6, 6.07) is 10.6. The summed E-state index contributed by atoms with van der Waals surface area (Å²) >= 11 is 6.11. The standard InChI is InChI=1S/C21H25ClN2O3S/c1-14-6-7-16(3)20(11-14)23-21(25)17-5-4-10-24(13-17)28(26,27)18-9-8-15(2)19(22)12-18/h6-9,11-12,17H,4-5,10,13H2,1-3H3,(H,23,25)/t17-/m1/s1. The van der Waals surface area contributed by atoms with Crippen molar-refractivity contribution in [3.05, 3.63) is 58.1 Å². The third-order valence-electron chi connectivity index (χ3n) is 5.19. The minimum absolute atomic E-state index is 0.143. The fraction of sp³-hybridized carbons (Fsp3) is 0.381. The van der Waals surface area contributed by atoms with Crippen molar-refractivity contribution in [3.8, 4) is 0 Å². The van der Waals surface area contributed by atoms with Gasteiger partial charge in [-0.25, -0.2) is 8.42 Å². The maximum absolute atomic E-state index is 13.0. The summed E-state index contributed by atoms with van der Waals surface area (Å²) in [6.45, 7) is 6.31. The van der Waals surface area contributed by atoms with Gasteiger partial charge < -0.3 is 5.32 Å². The van der Waals surface area contributed by atoms with E-state index < -0.39 is 10.0 Å². The lowest BCUT2D eigenvalue weighted by molar-refractivity contribution is -0.120. The normalized spacial score (nSPS) is 18.1. The Morgan fingerprint density at radius 2 is 1.82 bits per heavy atom. The number of nitrogens with zero attached hydrogens (tertiary/aromatic N) is 1. The van der Waals surface area contributed by atoms with Crippen LogP contribution in [0.3, 0.4) is 0 Å². The number of carbonyl (C=O) groups excluding carboxylic acids is 1. The zero-order valence-electron chi connectivity index (χ0n) is 16.3. The smallest absolute Gasteiger partial charge is 0.243 e. The molecule has 2 aromatic carbocycles. The second-order valence-electron chi connectivity index (χ2n) is 7.42. The number of rotatable bonds is 4. The Kier molecular flexibility index (Phi) is 6.12. The third-order valence-corrected chi connectivity index (χ3v) is 7.46. The first-order valence-corrected chi connectivity index (χ1v) is 11.1. The highest BCUT2D eigenvalue weighted by Crippen LogP contribution is 2.27. The number of anilines is 1. The van der Waals surface area contributed by atoms with E-state index in [2.05, 4.69) is 5.32 Å². The minimum atomic E-state index is -3.69. The molecule has 28 heavy (non-hydrogen) atoms. The van der Waals surface area contributed by atoms with E-state index in [0.717, 1.165) is 22.4 Å². The van der Waals surface area contributed by atoms with Gasteiger partial charge in [-0.3, -0.25) is 4.79 Å². The molecule has 2 aromatic rings. The Balaban J connectivity index is 1.76. The number of amides is 1. The highest BCUT2D eigenvalue weighted by molar-refractivity contribution is 7.89. The van der Waals surface area contributed by atoms with Gasteiger partial charge in [0.15, 0.2) is 0 Å². The Hall–Kier alpha value is -1.89. The van der Waals surface area contributed by atoms with Crippen molar-refractivity contribution < 1.29 is 13.2 Å². The van der Waals surface area contributed by atoms with Gasteiger partial charge in [-0.15, -0.1) is 0 Å². The molecular weight excluding hydrogens is 396 g/mol. The summed E-state index contributed by atoms with van der Waals surface area (Å²) < 4.78 is 27.4. The monoisotopic (exact) mass is 420 g/mol. The molecule has 0 aliphatic carbocycles. The second kappa shape index (κ2) is 8.23. The van der Waals surface area contributed by atoms with Gasteiger partial charge in [-0.1, -0.05) is 29.8 Å². The van der Waals surface area contributed by atoms with Crippen molar-refractivity contribution in [1.82, 2.24) is 4.31 Å². The van der Waals surface area contributed by atoms with E-state index in [9.17, 15) is 13.2 Å². The van der Waals surface area contributed by atoms with Crippen LogP contribution in [0.5, 0.6) is 0 Å². The molecule has 0 spiro atoms. The van der Waals surface area contributed by atoms with E-state index >= 15 is 0 Å². The predicted octanol–water partition coefficient (Wildman–Crippen LogP) is 4.30. The molecule has 1 saturated heterocycles. The van der Waals surface area contributed by atoms with Gasteiger partial charge >= 0.3 is 0 Å². The average molecular weight is 421 g/mol. The highest BCUT2D eigenvalue weighted by Gasteiger charge is 2.33. The van der Waals surface area contributed by atoms with E-state index in [4.69, 9.17) is 11.6 Å². The van der Waals surface area contributed by atoms with Crippen LogP contribution < -0.4 is 5.32 Å². The number of halogens is 1. The highest BCUT2D eigenvalue weighted by atomic mass is 35.5. The minimum Gasteiger partial charge on any atom is -0.326 e. The molecule has 1 heterocycles. The summed E-state index contributed by atoms with van der Waals surface area (Å²) in [5.74, 6) is -0.528. The van der Waals surface area contributed by atoms with Crippen LogP contribution in [0.25, 0.3) is 0 Å². The van der Waals surface area contributed by atoms with E-state index in [1.165, 1.54) is 10.4 Å². The van der Waals surface area contributed by atoms with Crippen LogP contribution in [-0.2, 0) is 14.8 Å². The van der Waals surface area contributed by atoms with Crippen LogP contribution in [0.15, 0.2) is 41.3 Å². The largest absolute Gasteiger partial charge is 0.326 e. The molecular formula is C21H25ClN2O3S. The van der Waals surface area contributed by atoms with E-state index in [0.29, 0.717) is 24.4 Å². The van der Waals surface area contributed by atoms with Crippen LogP contribution in [0.1, 0.15) is 29.5 Å². The molecule has 0 saturated carbocycles. The second-order valence-corrected chi connectivity index (χ2v) is 9.77. The van der Waals surface area contributed by atoms with Crippen LogP contribution in [0.2, 0.25) is 5.02 Å². The maximum Gasteiger partial charge on any atom is 0.243 e. The van der Waals surface area contributed by atoms with Crippen molar-refractivity contribution in [2.45, 2.75) is 38.5 Å². The molecule has 1 aliphatic rings. The predicted molar refractivity (Wildman–Crippen MR) is 112 cm³/mol. The molecule has 0 unspecified atom stereocenters. The number of hydrogen-bond donors (Lipinski definition) is 1. The van der Waals surface area contributed by atoms with Crippen LogP contribution in [0.4, 0.5) is 5.69 Å². The topological polar surface area (TPSA) is 66.5 Å². The molecule has 0 bridgehead atoms. The first-order chi connectivity index (χ1) is 13.2. The molecule has 0 aromatic heterocycles. The first kappa shape index (κ1) is 20.8. The van der Waals surface area contributed by atoms with Crippen molar-refractivity contribution in [3.63, 3.8) is 0 Å². The van der Waals surface area contributed by atoms with E-state index in [1.807, 2.05) is 39.0 Å². The zero-order valence-corrected chi connectivity index (χ0v) is 17.9. The quantitative estimate of drug-likeness (QED) is 0.801. The van der Waals surface area contributed by atoms with E-state index in [-0.39, 0.29) is 23.3 Å². The molecule has 1 amide bonds. The molecule has 0 radical (unpaired) electrons. The molecule has 150 valence electrons. The van der Waals surface area contributed by atoms with Crippen LogP contribution >= 0.6 is 11.6 Å². The molecule has 1 atom stereocenters. The lowest BCUT2D eigenvalue weighted by Gasteiger charge is -2.31. The van der Waals surface area contributed by atoms with Gasteiger partial charge in [-0.2, -0.15) is 4.31 Å². The molecule has 3 rings (SSSR count). The number of carbonyl (C=O) groups is 1. The molecule has 1 N–H and O–H groups in total. The van der Waals surface area contributed by atoms with Crippen molar-refractivity contribution in [2.75, 3.05) is 18.4 Å². The summed E-state index contributed by atoms with van der Waals surface area (Å²) in [7, 11) is -3.69. The Bertz CT molecular complexity index is 1000. The van der Waals surface area contributed by atoms with Gasteiger partial charge in [0, 0.05) is 23.8 Å². The van der Waals surface area contributed by atoms with Gasteiger partial charge in [-0.05, 0) is 68.5 Å². The lowest BCUT2D eigenvalue weighted by Crippen LogP contribution is -2.43. The summed E-state index contributed by atoms with van der Waals surface area (Å²) in [4.78, 5) is 13.0. The molecule has 7 heteroatoms. The van der Waals surface area contributed by atoms with Crippen LogP contribution in [0, 0.1) is 26.7 Å². The molecule has 1 fully saturated rings. The Labute approximate surface area is 171 Å². The Morgan fingerprint density at radius 1 is 1.11 bits per heavy atom. The Morgan fingerprint density at radius 3 is 2.54 bits per heavy atom. The SMILES string of the molecule is Cc1ccc(C)c(NC(=O)[C@@H]2CCCN(S(=O)(=O)c3ccc(C)c(Cl)c3)C2)c1. The fourth-order valence-electron chi connectivity index (χ4n) is 3.36. The molecule has 5 nitrogen and oxygen atoms in total. The van der Waals surface area contributed by atoms with Gasteiger partial charge in [0.2, 0.25) is 15.9 Å². The number of aryl methyl sites for hydroxylation is 3. The number of benzene rings is 2. The van der Waals surface area contributed by atoms with Crippen molar-refractivity contribution >= 4 is 33.2 Å². The number of piperidine rings is 1. The van der Waals surface area contributed by atoms with E-state index in [1.54, 1.807) is 12.1 Å². The number of nitrogens with one attached hydrogen (secondary N) is 1. The first-order valence-electron chi connectivity index (χ1n) is 9.33. The average Bonchev–Trinajstić information content (AvgIpc) is 2.67. The third kappa shape index (κ3) is 4.40. The van der Waals surface area contributed by atoms with Crippen molar-refractivity contribution in [1.29, 1.82) is 0 Å². The summed E-state index contributed by atoms with van der Waals surface area (Å²) in [5.41, 5.74) is 3.64. The number of sulfonamides is 1. The van der Waals surface area contributed by atoms with Gasteiger partial charge in [0.25, 0.3) is 0 Å². The summed E-state index contributed by atoms with van der Waals surface area (Å²) in [5, 5.41) is 3.39.